The van der Waals surface area contributed by atoms with Gasteiger partial charge in [-0.25, -0.2) is 9.59 Å². The molecule has 0 radical (unpaired) electrons. The van der Waals surface area contributed by atoms with E-state index in [-0.39, 0.29) is 6.61 Å². The number of hydrogen-bond donors (Lipinski definition) is 0. The number of rotatable bonds is 8. The van der Waals surface area contributed by atoms with Crippen LogP contribution in [-0.2, 0) is 25.7 Å². The van der Waals surface area contributed by atoms with Crippen LogP contribution in [0.15, 0.2) is 60.7 Å². The minimum atomic E-state index is -0.608. The number of benzene rings is 2. The summed E-state index contributed by atoms with van der Waals surface area (Å²) in [6.07, 6.45) is 2.86. The second-order valence-corrected chi connectivity index (χ2v) is 5.09. The minimum absolute atomic E-state index is 0.252. The second-order valence-electron chi connectivity index (χ2n) is 5.09. The SMILES string of the molecule is CCOC(=O)COC(=O)/C=C/c1cccc(OCc2ccccc2)c1. The lowest BCUT2D eigenvalue weighted by Gasteiger charge is -2.07. The van der Waals surface area contributed by atoms with Crippen molar-refractivity contribution in [3.63, 3.8) is 0 Å². The summed E-state index contributed by atoms with van der Waals surface area (Å²) in [5, 5.41) is 0. The third-order valence-corrected chi connectivity index (χ3v) is 3.16. The van der Waals surface area contributed by atoms with Crippen LogP contribution in [0.1, 0.15) is 18.1 Å². The first-order chi connectivity index (χ1) is 12.2. The van der Waals surface area contributed by atoms with E-state index in [1.807, 2.05) is 54.6 Å². The van der Waals surface area contributed by atoms with Crippen molar-refractivity contribution in [3.8, 4) is 5.75 Å². The predicted molar refractivity (Wildman–Crippen MR) is 93.8 cm³/mol. The van der Waals surface area contributed by atoms with E-state index in [1.165, 1.54) is 6.08 Å². The molecular formula is C20H20O5. The fourth-order valence-corrected chi connectivity index (χ4v) is 1.99. The van der Waals surface area contributed by atoms with E-state index >= 15 is 0 Å². The minimum Gasteiger partial charge on any atom is -0.489 e. The van der Waals surface area contributed by atoms with Gasteiger partial charge in [0.2, 0.25) is 0 Å². The molecule has 0 spiro atoms. The van der Waals surface area contributed by atoms with Gasteiger partial charge in [0.1, 0.15) is 12.4 Å². The molecule has 0 N–H and O–H groups in total. The Morgan fingerprint density at radius 1 is 1.00 bits per heavy atom. The van der Waals surface area contributed by atoms with Gasteiger partial charge in [-0.05, 0) is 36.3 Å². The zero-order chi connectivity index (χ0) is 17.9. The van der Waals surface area contributed by atoms with Gasteiger partial charge >= 0.3 is 11.9 Å². The lowest BCUT2D eigenvalue weighted by atomic mass is 10.2. The number of hydrogen-bond acceptors (Lipinski definition) is 5. The number of carbonyl (C=O) groups is 2. The Labute approximate surface area is 146 Å². The molecule has 0 heterocycles. The highest BCUT2D eigenvalue weighted by Crippen LogP contribution is 2.16. The van der Waals surface area contributed by atoms with Gasteiger partial charge in [-0.1, -0.05) is 42.5 Å². The zero-order valence-electron chi connectivity index (χ0n) is 14.0. The molecule has 2 rings (SSSR count). The van der Waals surface area contributed by atoms with Crippen molar-refractivity contribution in [1.82, 2.24) is 0 Å². The first-order valence-corrected chi connectivity index (χ1v) is 7.94. The van der Waals surface area contributed by atoms with Crippen LogP contribution in [0, 0.1) is 0 Å². The normalized spacial score (nSPS) is 10.4. The lowest BCUT2D eigenvalue weighted by Crippen LogP contribution is -2.15. The first kappa shape index (κ1) is 18.3. The van der Waals surface area contributed by atoms with Crippen molar-refractivity contribution in [2.75, 3.05) is 13.2 Å². The third-order valence-electron chi connectivity index (χ3n) is 3.16. The summed E-state index contributed by atoms with van der Waals surface area (Å²) in [7, 11) is 0. The van der Waals surface area contributed by atoms with E-state index in [0.717, 1.165) is 11.1 Å². The van der Waals surface area contributed by atoms with Crippen LogP contribution in [0.2, 0.25) is 0 Å². The maximum atomic E-state index is 11.6. The summed E-state index contributed by atoms with van der Waals surface area (Å²) in [6, 6.07) is 17.2. The molecule has 130 valence electrons. The summed E-state index contributed by atoms with van der Waals surface area (Å²) in [5.41, 5.74) is 1.87. The topological polar surface area (TPSA) is 61.8 Å². The Hall–Kier alpha value is -3.08. The van der Waals surface area contributed by atoms with E-state index in [9.17, 15) is 9.59 Å². The standard InChI is InChI=1S/C20H20O5/c1-2-23-20(22)15-25-19(21)12-11-16-9-6-10-18(13-16)24-14-17-7-4-3-5-8-17/h3-13H,2,14-15H2,1H3/b12-11+. The van der Waals surface area contributed by atoms with E-state index in [4.69, 9.17) is 9.47 Å². The van der Waals surface area contributed by atoms with Crippen LogP contribution >= 0.6 is 0 Å². The monoisotopic (exact) mass is 340 g/mol. The largest absolute Gasteiger partial charge is 0.489 e. The predicted octanol–water partition coefficient (Wildman–Crippen LogP) is 3.39. The number of carbonyl (C=O) groups excluding carboxylic acids is 2. The summed E-state index contributed by atoms with van der Waals surface area (Å²) in [6.45, 7) is 2.02. The molecule has 0 fully saturated rings. The van der Waals surface area contributed by atoms with Crippen LogP contribution in [0.3, 0.4) is 0 Å². The van der Waals surface area contributed by atoms with E-state index in [0.29, 0.717) is 12.4 Å². The van der Waals surface area contributed by atoms with Crippen LogP contribution in [-0.4, -0.2) is 25.2 Å². The van der Waals surface area contributed by atoms with Gasteiger partial charge in [-0.15, -0.1) is 0 Å². The fourth-order valence-electron chi connectivity index (χ4n) is 1.99. The maximum Gasteiger partial charge on any atom is 0.344 e. The van der Waals surface area contributed by atoms with Crippen molar-refractivity contribution in [1.29, 1.82) is 0 Å². The smallest absolute Gasteiger partial charge is 0.344 e. The average molecular weight is 340 g/mol. The van der Waals surface area contributed by atoms with Gasteiger partial charge in [0.05, 0.1) is 6.61 Å². The molecular weight excluding hydrogens is 320 g/mol. The Morgan fingerprint density at radius 3 is 2.56 bits per heavy atom. The summed E-state index contributed by atoms with van der Waals surface area (Å²) in [5.74, 6) is -0.477. The highest BCUT2D eigenvalue weighted by molar-refractivity contribution is 5.88. The Morgan fingerprint density at radius 2 is 1.80 bits per heavy atom. The summed E-state index contributed by atoms with van der Waals surface area (Å²) in [4.78, 5) is 22.7. The molecule has 0 bridgehead atoms. The van der Waals surface area contributed by atoms with Gasteiger partial charge in [0.25, 0.3) is 0 Å². The average Bonchev–Trinajstić information content (AvgIpc) is 2.64. The van der Waals surface area contributed by atoms with Crippen molar-refractivity contribution in [2.24, 2.45) is 0 Å². The Balaban J connectivity index is 1.85. The van der Waals surface area contributed by atoms with Gasteiger partial charge in [0.15, 0.2) is 6.61 Å². The van der Waals surface area contributed by atoms with Crippen molar-refractivity contribution < 1.29 is 23.8 Å². The van der Waals surface area contributed by atoms with E-state index in [2.05, 4.69) is 4.74 Å². The van der Waals surface area contributed by atoms with Crippen molar-refractivity contribution >= 4 is 18.0 Å². The molecule has 0 atom stereocenters. The van der Waals surface area contributed by atoms with Gasteiger partial charge in [0, 0.05) is 6.08 Å². The molecule has 0 saturated heterocycles. The molecule has 0 unspecified atom stereocenters. The number of esters is 2. The van der Waals surface area contributed by atoms with Crippen LogP contribution in [0.5, 0.6) is 5.75 Å². The van der Waals surface area contributed by atoms with Crippen LogP contribution in [0.25, 0.3) is 6.08 Å². The maximum absolute atomic E-state index is 11.6. The Bertz CT molecular complexity index is 722. The van der Waals surface area contributed by atoms with Crippen LogP contribution in [0.4, 0.5) is 0 Å². The molecule has 2 aromatic carbocycles. The van der Waals surface area contributed by atoms with Gasteiger partial charge in [-0.3, -0.25) is 0 Å². The summed E-state index contributed by atoms with van der Waals surface area (Å²) >= 11 is 0. The quantitative estimate of drug-likeness (QED) is 0.544. The fraction of sp³-hybridized carbons (Fsp3) is 0.200. The van der Waals surface area contributed by atoms with Crippen LogP contribution < -0.4 is 4.74 Å². The van der Waals surface area contributed by atoms with Crippen molar-refractivity contribution in [2.45, 2.75) is 13.5 Å². The van der Waals surface area contributed by atoms with Crippen molar-refractivity contribution in [3.05, 3.63) is 71.8 Å². The van der Waals surface area contributed by atoms with E-state index in [1.54, 1.807) is 13.0 Å². The molecule has 0 saturated carbocycles. The first-order valence-electron chi connectivity index (χ1n) is 7.94. The molecule has 5 nitrogen and oxygen atoms in total. The summed E-state index contributed by atoms with van der Waals surface area (Å²) < 4.78 is 15.2. The second kappa shape index (κ2) is 9.93. The lowest BCUT2D eigenvalue weighted by molar-refractivity contribution is -0.155. The third kappa shape index (κ3) is 6.91. The highest BCUT2D eigenvalue weighted by Gasteiger charge is 2.05. The number of ether oxygens (including phenoxy) is 3. The molecule has 0 aliphatic rings. The van der Waals surface area contributed by atoms with E-state index < -0.39 is 18.5 Å². The molecule has 0 aliphatic heterocycles. The van der Waals surface area contributed by atoms with Gasteiger partial charge < -0.3 is 14.2 Å². The molecule has 0 aromatic heterocycles. The molecule has 0 amide bonds. The molecule has 5 heteroatoms. The molecule has 2 aromatic rings. The zero-order valence-corrected chi connectivity index (χ0v) is 14.0. The highest BCUT2D eigenvalue weighted by atomic mass is 16.6. The Kier molecular flexibility index (Phi) is 7.25. The van der Waals surface area contributed by atoms with Gasteiger partial charge in [-0.2, -0.15) is 0 Å². The molecule has 0 aliphatic carbocycles. The molecule has 25 heavy (non-hydrogen) atoms.